The molecule has 1 atom stereocenters. The minimum absolute atomic E-state index is 0.0838. The number of carbonyl (C=O) groups excluding carboxylic acids is 1. The first-order chi connectivity index (χ1) is 7.08. The van der Waals surface area contributed by atoms with Crippen LogP contribution in [0.5, 0.6) is 0 Å². The molecule has 0 aromatic heterocycles. The van der Waals surface area contributed by atoms with Gasteiger partial charge in [-0.2, -0.15) is 0 Å². The van der Waals surface area contributed by atoms with Crippen LogP contribution in [0.4, 0.5) is 0 Å². The molecule has 1 fully saturated rings. The largest absolute Gasteiger partial charge is 0.365 e. The highest BCUT2D eigenvalue weighted by Crippen LogP contribution is 2.22. The summed E-state index contributed by atoms with van der Waals surface area (Å²) in [5.41, 5.74) is 5.66. The summed E-state index contributed by atoms with van der Waals surface area (Å²) in [6, 6.07) is 0.269. The Balaban J connectivity index is 2.32. The number of carbonyl (C=O) groups is 1. The Kier molecular flexibility index (Phi) is 4.54. The zero-order chi connectivity index (χ0) is 11.4. The summed E-state index contributed by atoms with van der Waals surface area (Å²) in [4.78, 5) is 13.6. The summed E-state index contributed by atoms with van der Waals surface area (Å²) in [5, 5.41) is 0. The number of hydrogen-bond donors (Lipinski definition) is 1. The molecular formula is C11H22N2O2. The summed E-state index contributed by atoms with van der Waals surface area (Å²) in [6.07, 6.45) is 1.63. The van der Waals surface area contributed by atoms with Crippen molar-refractivity contribution >= 4 is 5.91 Å². The smallest absolute Gasteiger partial charge is 0.251 e. The van der Waals surface area contributed by atoms with Crippen LogP contribution in [0.25, 0.3) is 0 Å². The molecule has 0 bridgehead atoms. The summed E-state index contributed by atoms with van der Waals surface area (Å²) in [7, 11) is 0. The van der Waals surface area contributed by atoms with Gasteiger partial charge in [0.25, 0.3) is 5.91 Å². The zero-order valence-corrected chi connectivity index (χ0v) is 9.90. The number of likely N-dealkylation sites (N-methyl/N-ethyl adjacent to an activating group) is 1. The van der Waals surface area contributed by atoms with Crippen molar-refractivity contribution in [1.29, 1.82) is 0 Å². The molecule has 0 aliphatic heterocycles. The van der Waals surface area contributed by atoms with Crippen LogP contribution in [0.1, 0.15) is 33.6 Å². The topological polar surface area (TPSA) is 55.6 Å². The van der Waals surface area contributed by atoms with Crippen LogP contribution in [0.15, 0.2) is 0 Å². The molecule has 4 nitrogen and oxygen atoms in total. The number of ether oxygens (including phenoxy) is 1. The Morgan fingerprint density at radius 2 is 2.00 bits per heavy atom. The highest BCUT2D eigenvalue weighted by molar-refractivity contribution is 5.80. The minimum atomic E-state index is -0.331. The van der Waals surface area contributed by atoms with E-state index in [9.17, 15) is 4.79 Å². The lowest BCUT2D eigenvalue weighted by Gasteiger charge is -2.35. The van der Waals surface area contributed by atoms with Crippen LogP contribution in [0.2, 0.25) is 0 Å². The van der Waals surface area contributed by atoms with E-state index in [0.29, 0.717) is 0 Å². The number of hydrogen-bond acceptors (Lipinski definition) is 3. The van der Waals surface area contributed by atoms with Crippen molar-refractivity contribution in [2.75, 3.05) is 13.1 Å². The maximum atomic E-state index is 11.8. The Morgan fingerprint density at radius 1 is 1.47 bits per heavy atom. The highest BCUT2D eigenvalue weighted by Gasteiger charge is 2.30. The Bertz CT molecular complexity index is 211. The SMILES string of the molecule is CCN(CC)C(=O)C(C)OC1CC(N)C1. The van der Waals surface area contributed by atoms with Crippen LogP contribution in [-0.2, 0) is 9.53 Å². The van der Waals surface area contributed by atoms with Crippen LogP contribution in [0, 0.1) is 0 Å². The Morgan fingerprint density at radius 3 is 2.40 bits per heavy atom. The predicted molar refractivity (Wildman–Crippen MR) is 59.5 cm³/mol. The Labute approximate surface area is 91.8 Å². The van der Waals surface area contributed by atoms with Gasteiger partial charge in [0.1, 0.15) is 6.10 Å². The molecule has 0 spiro atoms. The second kappa shape index (κ2) is 5.47. The van der Waals surface area contributed by atoms with E-state index in [1.807, 2.05) is 20.8 Å². The molecule has 1 unspecified atom stereocenters. The van der Waals surface area contributed by atoms with Crippen molar-refractivity contribution < 1.29 is 9.53 Å². The van der Waals surface area contributed by atoms with Gasteiger partial charge in [-0.25, -0.2) is 0 Å². The summed E-state index contributed by atoms with van der Waals surface area (Å²) in [5.74, 6) is 0.0838. The van der Waals surface area contributed by atoms with Crippen molar-refractivity contribution in [3.05, 3.63) is 0 Å². The van der Waals surface area contributed by atoms with Gasteiger partial charge in [-0.05, 0) is 33.6 Å². The standard InChI is InChI=1S/C11H22N2O2/c1-4-13(5-2)11(14)8(3)15-10-6-9(12)7-10/h8-10H,4-7,12H2,1-3H3. The van der Waals surface area contributed by atoms with E-state index in [0.717, 1.165) is 25.9 Å². The predicted octanol–water partition coefficient (Wildman–Crippen LogP) is 0.750. The van der Waals surface area contributed by atoms with Crippen molar-refractivity contribution in [2.24, 2.45) is 5.73 Å². The third-order valence-corrected chi connectivity index (χ3v) is 2.95. The molecule has 1 aliphatic carbocycles. The lowest BCUT2D eigenvalue weighted by molar-refractivity contribution is -0.149. The number of amides is 1. The van der Waals surface area contributed by atoms with E-state index in [4.69, 9.17) is 10.5 Å². The lowest BCUT2D eigenvalue weighted by atomic mass is 9.90. The van der Waals surface area contributed by atoms with E-state index < -0.39 is 0 Å². The fraction of sp³-hybridized carbons (Fsp3) is 0.909. The first-order valence-electron chi connectivity index (χ1n) is 5.78. The summed E-state index contributed by atoms with van der Waals surface area (Å²) >= 11 is 0. The normalized spacial score (nSPS) is 26.9. The first kappa shape index (κ1) is 12.5. The molecule has 0 heterocycles. The monoisotopic (exact) mass is 214 g/mol. The van der Waals surface area contributed by atoms with Crippen molar-refractivity contribution in [2.45, 2.75) is 51.9 Å². The number of nitrogens with two attached hydrogens (primary N) is 1. The molecular weight excluding hydrogens is 192 g/mol. The molecule has 0 aromatic rings. The van der Waals surface area contributed by atoms with Gasteiger partial charge >= 0.3 is 0 Å². The van der Waals surface area contributed by atoms with E-state index in [1.165, 1.54) is 0 Å². The fourth-order valence-electron chi connectivity index (χ4n) is 1.86. The molecule has 0 radical (unpaired) electrons. The molecule has 0 saturated heterocycles. The maximum Gasteiger partial charge on any atom is 0.251 e. The highest BCUT2D eigenvalue weighted by atomic mass is 16.5. The van der Waals surface area contributed by atoms with Gasteiger partial charge in [-0.1, -0.05) is 0 Å². The average molecular weight is 214 g/mol. The Hall–Kier alpha value is -0.610. The van der Waals surface area contributed by atoms with E-state index >= 15 is 0 Å². The second-order valence-corrected chi connectivity index (χ2v) is 4.14. The molecule has 1 saturated carbocycles. The zero-order valence-electron chi connectivity index (χ0n) is 9.90. The van der Waals surface area contributed by atoms with Gasteiger partial charge < -0.3 is 15.4 Å². The summed E-state index contributed by atoms with van der Waals surface area (Å²) < 4.78 is 5.63. The molecule has 1 aliphatic rings. The van der Waals surface area contributed by atoms with E-state index in [-0.39, 0.29) is 24.2 Å². The van der Waals surface area contributed by atoms with Gasteiger partial charge in [0.05, 0.1) is 6.10 Å². The van der Waals surface area contributed by atoms with E-state index in [1.54, 1.807) is 4.90 Å². The quantitative estimate of drug-likeness (QED) is 0.734. The molecule has 1 rings (SSSR count). The molecule has 15 heavy (non-hydrogen) atoms. The van der Waals surface area contributed by atoms with Crippen molar-refractivity contribution in [3.63, 3.8) is 0 Å². The fourth-order valence-corrected chi connectivity index (χ4v) is 1.86. The van der Waals surface area contributed by atoms with Crippen molar-refractivity contribution in [1.82, 2.24) is 4.90 Å². The van der Waals surface area contributed by atoms with Crippen LogP contribution in [0.3, 0.4) is 0 Å². The molecule has 4 heteroatoms. The molecule has 0 aromatic carbocycles. The van der Waals surface area contributed by atoms with Crippen LogP contribution in [-0.4, -0.2) is 42.1 Å². The third kappa shape index (κ3) is 3.18. The third-order valence-electron chi connectivity index (χ3n) is 2.95. The molecule has 2 N–H and O–H groups in total. The van der Waals surface area contributed by atoms with Crippen LogP contribution < -0.4 is 5.73 Å². The molecule has 88 valence electrons. The van der Waals surface area contributed by atoms with Gasteiger partial charge in [0.15, 0.2) is 0 Å². The minimum Gasteiger partial charge on any atom is -0.365 e. The number of rotatable bonds is 5. The lowest BCUT2D eigenvalue weighted by Crippen LogP contribution is -2.46. The van der Waals surface area contributed by atoms with Gasteiger partial charge in [0.2, 0.25) is 0 Å². The van der Waals surface area contributed by atoms with Gasteiger partial charge in [-0.3, -0.25) is 4.79 Å². The summed E-state index contributed by atoms with van der Waals surface area (Å²) in [6.45, 7) is 7.27. The maximum absolute atomic E-state index is 11.8. The van der Waals surface area contributed by atoms with Gasteiger partial charge in [-0.15, -0.1) is 0 Å². The number of nitrogens with zero attached hydrogens (tertiary/aromatic N) is 1. The second-order valence-electron chi connectivity index (χ2n) is 4.14. The first-order valence-corrected chi connectivity index (χ1v) is 5.78. The van der Waals surface area contributed by atoms with E-state index in [2.05, 4.69) is 0 Å². The van der Waals surface area contributed by atoms with Crippen LogP contribution >= 0.6 is 0 Å². The average Bonchev–Trinajstić information content (AvgIpc) is 2.17. The molecule has 1 amide bonds. The van der Waals surface area contributed by atoms with Gasteiger partial charge in [0, 0.05) is 19.1 Å². The van der Waals surface area contributed by atoms with Crippen molar-refractivity contribution in [3.8, 4) is 0 Å².